The van der Waals surface area contributed by atoms with Gasteiger partial charge in [-0.3, -0.25) is 4.79 Å². The van der Waals surface area contributed by atoms with Gasteiger partial charge in [-0.2, -0.15) is 18.4 Å². The fraction of sp³-hybridized carbons (Fsp3) is 0.314. The molecule has 0 radical (unpaired) electrons. The topological polar surface area (TPSA) is 100.0 Å². The molecule has 0 saturated carbocycles. The molecule has 0 spiro atoms. The van der Waals surface area contributed by atoms with Crippen LogP contribution >= 0.6 is 12.2 Å². The Kier molecular flexibility index (Phi) is 11.3. The van der Waals surface area contributed by atoms with Crippen molar-refractivity contribution in [2.75, 3.05) is 5.32 Å². The summed E-state index contributed by atoms with van der Waals surface area (Å²) in [6, 6.07) is 22.0. The minimum atomic E-state index is -4.58. The van der Waals surface area contributed by atoms with Gasteiger partial charge in [0.1, 0.15) is 5.78 Å². The number of nitriles is 1. The summed E-state index contributed by atoms with van der Waals surface area (Å²) in [7, 11) is 0. The largest absolute Gasteiger partial charge is 0.416 e. The predicted octanol–water partition coefficient (Wildman–Crippen LogP) is 7.09. The highest BCUT2D eigenvalue weighted by molar-refractivity contribution is 7.80. The van der Waals surface area contributed by atoms with Gasteiger partial charge in [0.05, 0.1) is 35.6 Å². The third-order valence-corrected chi connectivity index (χ3v) is 8.06. The summed E-state index contributed by atoms with van der Waals surface area (Å²) >= 11 is 5.76. The standard InChI is InChI=1S/C35H37F3N6OS/c1-23(2)16-30(32(45)17-29-19-41-22-43(29)20-26-12-10-25(18-39)11-13-26)33(40)44(34(46)42-28-14-8-24(3)9-15-28)21-27-6-4-5-7-31(27)35(36,37)38/h4-15,19,22-23,30,33H,16-17,20-21,40H2,1-3H3,(H,42,46)/t30-,33?/m1/s1. The van der Waals surface area contributed by atoms with Crippen molar-refractivity contribution in [2.24, 2.45) is 17.6 Å². The van der Waals surface area contributed by atoms with Gasteiger partial charge in [0.15, 0.2) is 5.11 Å². The molecule has 11 heteroatoms. The number of nitrogens with two attached hydrogens (primary N) is 1. The minimum absolute atomic E-state index is 0.00487. The normalized spacial score (nSPS) is 12.8. The number of benzene rings is 3. The number of imidazole rings is 1. The van der Waals surface area contributed by atoms with Crippen LogP contribution in [0.5, 0.6) is 0 Å². The molecule has 4 aromatic rings. The maximum absolute atomic E-state index is 14.0. The second-order valence-electron chi connectivity index (χ2n) is 11.8. The van der Waals surface area contributed by atoms with Gasteiger partial charge < -0.3 is 20.5 Å². The summed E-state index contributed by atoms with van der Waals surface area (Å²) in [6.07, 6.45) is -1.93. The summed E-state index contributed by atoms with van der Waals surface area (Å²) < 4.78 is 43.9. The van der Waals surface area contributed by atoms with Gasteiger partial charge in [-0.25, -0.2) is 4.98 Å². The number of thiocarbonyl (C=S) groups is 1. The van der Waals surface area contributed by atoms with Crippen molar-refractivity contribution in [3.8, 4) is 6.07 Å². The smallest absolute Gasteiger partial charge is 0.333 e. The van der Waals surface area contributed by atoms with Crippen molar-refractivity contribution in [2.45, 2.75) is 59.0 Å². The molecular weight excluding hydrogens is 609 g/mol. The lowest BCUT2D eigenvalue weighted by Crippen LogP contribution is -2.53. The van der Waals surface area contributed by atoms with Crippen LogP contribution in [0.2, 0.25) is 0 Å². The van der Waals surface area contributed by atoms with Crippen LogP contribution in [0.1, 0.15) is 53.8 Å². The molecule has 1 heterocycles. The number of ketones is 1. The number of nitrogens with one attached hydrogen (secondary N) is 1. The minimum Gasteiger partial charge on any atom is -0.333 e. The van der Waals surface area contributed by atoms with Gasteiger partial charge in [-0.15, -0.1) is 0 Å². The van der Waals surface area contributed by atoms with Crippen molar-refractivity contribution in [3.05, 3.63) is 119 Å². The number of hydrogen-bond acceptors (Lipinski definition) is 5. The van der Waals surface area contributed by atoms with Crippen molar-refractivity contribution < 1.29 is 18.0 Å². The molecule has 0 aliphatic heterocycles. The molecule has 7 nitrogen and oxygen atoms in total. The summed E-state index contributed by atoms with van der Waals surface area (Å²) in [5.41, 5.74) is 9.90. The molecule has 1 unspecified atom stereocenters. The molecule has 0 aliphatic carbocycles. The van der Waals surface area contributed by atoms with E-state index in [0.29, 0.717) is 29.9 Å². The maximum Gasteiger partial charge on any atom is 0.416 e. The molecule has 2 atom stereocenters. The Balaban J connectivity index is 1.64. The number of rotatable bonds is 12. The Morgan fingerprint density at radius 3 is 2.39 bits per heavy atom. The molecular formula is C35H37F3N6OS. The lowest BCUT2D eigenvalue weighted by molar-refractivity contribution is -0.138. The van der Waals surface area contributed by atoms with Crippen LogP contribution in [-0.4, -0.2) is 31.5 Å². The molecule has 0 aliphatic rings. The lowest BCUT2D eigenvalue weighted by Gasteiger charge is -2.37. The zero-order valence-electron chi connectivity index (χ0n) is 26.0. The third kappa shape index (κ3) is 9.02. The molecule has 0 fully saturated rings. The fourth-order valence-corrected chi connectivity index (χ4v) is 5.58. The lowest BCUT2D eigenvalue weighted by atomic mass is 9.88. The number of aromatic nitrogens is 2. The van der Waals surface area contributed by atoms with E-state index < -0.39 is 23.8 Å². The maximum atomic E-state index is 14.0. The van der Waals surface area contributed by atoms with E-state index in [4.69, 9.17) is 23.2 Å². The van der Waals surface area contributed by atoms with Crippen molar-refractivity contribution in [1.29, 1.82) is 5.26 Å². The first-order valence-corrected chi connectivity index (χ1v) is 15.3. The molecule has 0 bridgehead atoms. The molecule has 4 rings (SSSR count). The average molecular weight is 647 g/mol. The van der Waals surface area contributed by atoms with Crippen molar-refractivity contribution >= 4 is 28.8 Å². The number of halogens is 3. The first kappa shape index (κ1) is 34.3. The van der Waals surface area contributed by atoms with E-state index in [1.54, 1.807) is 24.7 Å². The highest BCUT2D eigenvalue weighted by Gasteiger charge is 2.36. The molecule has 3 aromatic carbocycles. The highest BCUT2D eigenvalue weighted by atomic mass is 32.1. The van der Waals surface area contributed by atoms with Gasteiger partial charge in [-0.1, -0.05) is 61.9 Å². The molecule has 0 amide bonds. The number of nitrogens with zero attached hydrogens (tertiary/aromatic N) is 4. The van der Waals surface area contributed by atoms with E-state index in [1.807, 2.05) is 61.7 Å². The Morgan fingerprint density at radius 1 is 1.09 bits per heavy atom. The third-order valence-electron chi connectivity index (χ3n) is 7.73. The predicted molar refractivity (Wildman–Crippen MR) is 177 cm³/mol. The number of aryl methyl sites for hydroxylation is 1. The van der Waals surface area contributed by atoms with E-state index in [0.717, 1.165) is 17.2 Å². The van der Waals surface area contributed by atoms with Crippen molar-refractivity contribution in [1.82, 2.24) is 14.5 Å². The first-order valence-electron chi connectivity index (χ1n) is 14.9. The molecule has 1 aromatic heterocycles. The Bertz CT molecular complexity index is 1680. The molecule has 46 heavy (non-hydrogen) atoms. The summed E-state index contributed by atoms with van der Waals surface area (Å²) in [5.74, 6) is -0.865. The Hall–Kier alpha value is -4.53. The first-order chi connectivity index (χ1) is 21.8. The van der Waals surface area contributed by atoms with Gasteiger partial charge in [0.25, 0.3) is 0 Å². The van der Waals surface area contributed by atoms with E-state index in [9.17, 15) is 18.0 Å². The van der Waals surface area contributed by atoms with Crippen molar-refractivity contribution in [3.63, 3.8) is 0 Å². The van der Waals surface area contributed by atoms with Crippen LogP contribution in [0.3, 0.4) is 0 Å². The van der Waals surface area contributed by atoms with Gasteiger partial charge >= 0.3 is 6.18 Å². The second kappa shape index (κ2) is 15.2. The van der Waals surface area contributed by atoms with Crippen LogP contribution in [0.4, 0.5) is 18.9 Å². The SMILES string of the molecule is Cc1ccc(NC(=S)N(Cc2ccccc2C(F)(F)F)C(N)[C@H](CC(C)C)C(=O)Cc2cncn2Cc2ccc(C#N)cc2)cc1. The van der Waals surface area contributed by atoms with E-state index in [-0.39, 0.29) is 35.3 Å². The number of anilines is 1. The van der Waals surface area contributed by atoms with Crippen LogP contribution < -0.4 is 11.1 Å². The molecule has 3 N–H and O–H groups in total. The van der Waals surface area contributed by atoms with Crippen LogP contribution in [-0.2, 0) is 30.5 Å². The zero-order chi connectivity index (χ0) is 33.4. The quantitative estimate of drug-likeness (QED) is 0.125. The fourth-order valence-electron chi connectivity index (χ4n) is 5.28. The number of alkyl halides is 3. The van der Waals surface area contributed by atoms with E-state index in [1.165, 1.54) is 23.1 Å². The summed E-state index contributed by atoms with van der Waals surface area (Å²) in [5, 5.41) is 12.3. The number of carbonyl (C=O) groups excluding carboxylic acids is 1. The number of hydrogen-bond donors (Lipinski definition) is 2. The van der Waals surface area contributed by atoms with Gasteiger partial charge in [0, 0.05) is 37.1 Å². The van der Waals surface area contributed by atoms with Crippen LogP contribution in [0.15, 0.2) is 85.3 Å². The Morgan fingerprint density at radius 2 is 1.76 bits per heavy atom. The summed E-state index contributed by atoms with van der Waals surface area (Å²) in [6.45, 7) is 6.06. The number of carbonyl (C=O) groups is 1. The monoisotopic (exact) mass is 646 g/mol. The second-order valence-corrected chi connectivity index (χ2v) is 12.2. The molecule has 0 saturated heterocycles. The summed E-state index contributed by atoms with van der Waals surface area (Å²) in [4.78, 5) is 19.8. The average Bonchev–Trinajstić information content (AvgIpc) is 3.45. The highest BCUT2D eigenvalue weighted by Crippen LogP contribution is 2.33. The van der Waals surface area contributed by atoms with Crippen LogP contribution in [0, 0.1) is 30.1 Å². The van der Waals surface area contributed by atoms with Gasteiger partial charge in [0.2, 0.25) is 0 Å². The molecule has 240 valence electrons. The van der Waals surface area contributed by atoms with Crippen LogP contribution in [0.25, 0.3) is 0 Å². The zero-order valence-corrected chi connectivity index (χ0v) is 26.8. The number of Topliss-reactive ketones (excluding diaryl/α,β-unsaturated/α-hetero) is 1. The van der Waals surface area contributed by atoms with Gasteiger partial charge in [-0.05, 0) is 72.9 Å². The van der Waals surface area contributed by atoms with E-state index >= 15 is 0 Å². The van der Waals surface area contributed by atoms with E-state index in [2.05, 4.69) is 16.4 Å². The Labute approximate surface area is 272 Å².